The molecular formula is C13H16N2O2. The highest BCUT2D eigenvalue weighted by Gasteiger charge is 2.14. The summed E-state index contributed by atoms with van der Waals surface area (Å²) in [5, 5.41) is 0. The van der Waals surface area contributed by atoms with Gasteiger partial charge in [-0.2, -0.15) is 0 Å². The van der Waals surface area contributed by atoms with Gasteiger partial charge in [-0.25, -0.2) is 5.43 Å². The van der Waals surface area contributed by atoms with Crippen molar-refractivity contribution in [1.82, 2.24) is 5.43 Å². The van der Waals surface area contributed by atoms with Crippen molar-refractivity contribution < 1.29 is 9.15 Å². The van der Waals surface area contributed by atoms with E-state index in [0.717, 1.165) is 17.1 Å². The Morgan fingerprint density at radius 3 is 2.59 bits per heavy atom. The summed E-state index contributed by atoms with van der Waals surface area (Å²) in [5.41, 5.74) is 3.77. The number of hydrazine groups is 1. The molecule has 1 aromatic carbocycles. The number of hydrogen-bond donors (Lipinski definition) is 2. The van der Waals surface area contributed by atoms with Gasteiger partial charge >= 0.3 is 0 Å². The molecule has 1 aromatic heterocycles. The van der Waals surface area contributed by atoms with Crippen molar-refractivity contribution in [3.8, 4) is 5.75 Å². The Bertz CT molecular complexity index is 437. The first-order valence-electron chi connectivity index (χ1n) is 5.57. The SMILES string of the molecule is CCOc1ccc(C(NN)c2ccco2)cc1. The first-order chi connectivity index (χ1) is 8.35. The number of nitrogens with two attached hydrogens (primary N) is 1. The summed E-state index contributed by atoms with van der Waals surface area (Å²) < 4.78 is 10.7. The van der Waals surface area contributed by atoms with E-state index in [0.29, 0.717) is 6.61 Å². The standard InChI is InChI=1S/C13H16N2O2/c1-2-16-11-7-5-10(6-8-11)13(15-14)12-4-3-9-17-12/h3-9,13,15H,2,14H2,1H3. The fourth-order valence-corrected chi connectivity index (χ4v) is 1.72. The van der Waals surface area contributed by atoms with E-state index in [1.807, 2.05) is 43.3 Å². The molecule has 0 spiro atoms. The van der Waals surface area contributed by atoms with Gasteiger partial charge in [0.05, 0.1) is 12.9 Å². The topological polar surface area (TPSA) is 60.4 Å². The summed E-state index contributed by atoms with van der Waals surface area (Å²) in [6.45, 7) is 2.62. The second-order valence-electron chi connectivity index (χ2n) is 3.62. The van der Waals surface area contributed by atoms with Gasteiger partial charge in [0, 0.05) is 0 Å². The van der Waals surface area contributed by atoms with Crippen LogP contribution in [0.25, 0.3) is 0 Å². The van der Waals surface area contributed by atoms with E-state index in [9.17, 15) is 0 Å². The number of ether oxygens (including phenoxy) is 1. The first kappa shape index (κ1) is 11.7. The van der Waals surface area contributed by atoms with Crippen LogP contribution in [0.2, 0.25) is 0 Å². The second kappa shape index (κ2) is 5.52. The van der Waals surface area contributed by atoms with Gasteiger partial charge in [0.15, 0.2) is 0 Å². The smallest absolute Gasteiger partial charge is 0.126 e. The zero-order chi connectivity index (χ0) is 12.1. The predicted molar refractivity (Wildman–Crippen MR) is 65.5 cm³/mol. The Labute approximate surface area is 100 Å². The van der Waals surface area contributed by atoms with Gasteiger partial charge in [-0.15, -0.1) is 0 Å². The van der Waals surface area contributed by atoms with Crippen molar-refractivity contribution >= 4 is 0 Å². The third kappa shape index (κ3) is 2.67. The molecule has 4 nitrogen and oxygen atoms in total. The average molecular weight is 232 g/mol. The Balaban J connectivity index is 2.20. The van der Waals surface area contributed by atoms with Gasteiger partial charge in [-0.1, -0.05) is 12.1 Å². The number of benzene rings is 1. The minimum atomic E-state index is -0.138. The van der Waals surface area contributed by atoms with Crippen LogP contribution >= 0.6 is 0 Å². The largest absolute Gasteiger partial charge is 0.494 e. The van der Waals surface area contributed by atoms with E-state index in [1.54, 1.807) is 6.26 Å². The van der Waals surface area contributed by atoms with Crippen LogP contribution in [-0.2, 0) is 0 Å². The van der Waals surface area contributed by atoms with Crippen molar-refractivity contribution in [3.63, 3.8) is 0 Å². The molecule has 0 aliphatic carbocycles. The molecule has 0 fully saturated rings. The van der Waals surface area contributed by atoms with Gasteiger partial charge in [0.25, 0.3) is 0 Å². The molecular weight excluding hydrogens is 216 g/mol. The summed E-state index contributed by atoms with van der Waals surface area (Å²) in [4.78, 5) is 0. The zero-order valence-corrected chi connectivity index (χ0v) is 9.72. The molecule has 1 heterocycles. The van der Waals surface area contributed by atoms with E-state index >= 15 is 0 Å². The highest BCUT2D eigenvalue weighted by molar-refractivity contribution is 5.32. The number of rotatable bonds is 5. The Morgan fingerprint density at radius 2 is 2.06 bits per heavy atom. The lowest BCUT2D eigenvalue weighted by atomic mass is 10.1. The predicted octanol–water partition coefficient (Wildman–Crippen LogP) is 2.23. The second-order valence-corrected chi connectivity index (χ2v) is 3.62. The Kier molecular flexibility index (Phi) is 3.80. The van der Waals surface area contributed by atoms with Gasteiger partial charge in [-0.3, -0.25) is 5.84 Å². The van der Waals surface area contributed by atoms with Crippen LogP contribution in [0.4, 0.5) is 0 Å². The van der Waals surface area contributed by atoms with E-state index in [-0.39, 0.29) is 6.04 Å². The van der Waals surface area contributed by atoms with Crippen LogP contribution in [0.3, 0.4) is 0 Å². The molecule has 0 saturated carbocycles. The van der Waals surface area contributed by atoms with Gasteiger partial charge < -0.3 is 9.15 Å². The lowest BCUT2D eigenvalue weighted by Gasteiger charge is -2.14. The fraction of sp³-hybridized carbons (Fsp3) is 0.231. The molecule has 17 heavy (non-hydrogen) atoms. The molecule has 4 heteroatoms. The lowest BCUT2D eigenvalue weighted by Crippen LogP contribution is -2.28. The minimum Gasteiger partial charge on any atom is -0.494 e. The van der Waals surface area contributed by atoms with Crippen molar-refractivity contribution in [2.24, 2.45) is 5.84 Å². The van der Waals surface area contributed by atoms with Crippen molar-refractivity contribution in [2.75, 3.05) is 6.61 Å². The molecule has 0 radical (unpaired) electrons. The van der Waals surface area contributed by atoms with Gasteiger partial charge in [0.2, 0.25) is 0 Å². The molecule has 0 bridgehead atoms. The van der Waals surface area contributed by atoms with E-state index in [1.165, 1.54) is 0 Å². The molecule has 1 unspecified atom stereocenters. The maximum atomic E-state index is 5.55. The molecule has 0 amide bonds. The number of hydrogen-bond acceptors (Lipinski definition) is 4. The number of nitrogens with one attached hydrogen (secondary N) is 1. The lowest BCUT2D eigenvalue weighted by molar-refractivity contribution is 0.340. The normalized spacial score (nSPS) is 12.4. The molecule has 2 rings (SSSR count). The molecule has 0 saturated heterocycles. The quantitative estimate of drug-likeness (QED) is 0.613. The van der Waals surface area contributed by atoms with E-state index in [2.05, 4.69) is 5.43 Å². The average Bonchev–Trinajstić information content (AvgIpc) is 2.86. The molecule has 3 N–H and O–H groups in total. The van der Waals surface area contributed by atoms with Gasteiger partial charge in [0.1, 0.15) is 17.6 Å². The summed E-state index contributed by atoms with van der Waals surface area (Å²) in [6, 6.07) is 11.4. The van der Waals surface area contributed by atoms with Crippen LogP contribution in [0.15, 0.2) is 47.1 Å². The van der Waals surface area contributed by atoms with Crippen molar-refractivity contribution in [1.29, 1.82) is 0 Å². The van der Waals surface area contributed by atoms with Crippen LogP contribution in [0.1, 0.15) is 24.3 Å². The third-order valence-corrected chi connectivity index (χ3v) is 2.52. The monoisotopic (exact) mass is 232 g/mol. The van der Waals surface area contributed by atoms with Crippen LogP contribution in [0.5, 0.6) is 5.75 Å². The summed E-state index contributed by atoms with van der Waals surface area (Å²) in [5.74, 6) is 7.19. The third-order valence-electron chi connectivity index (χ3n) is 2.52. The summed E-state index contributed by atoms with van der Waals surface area (Å²) >= 11 is 0. The maximum absolute atomic E-state index is 5.55. The summed E-state index contributed by atoms with van der Waals surface area (Å²) in [6.07, 6.45) is 1.63. The zero-order valence-electron chi connectivity index (χ0n) is 9.72. The van der Waals surface area contributed by atoms with Crippen molar-refractivity contribution in [2.45, 2.75) is 13.0 Å². The van der Waals surface area contributed by atoms with Crippen molar-refractivity contribution in [3.05, 3.63) is 54.0 Å². The van der Waals surface area contributed by atoms with E-state index < -0.39 is 0 Å². The van der Waals surface area contributed by atoms with Crippen LogP contribution in [0, 0.1) is 0 Å². The molecule has 0 aliphatic heterocycles. The highest BCUT2D eigenvalue weighted by atomic mass is 16.5. The minimum absolute atomic E-state index is 0.138. The summed E-state index contributed by atoms with van der Waals surface area (Å²) in [7, 11) is 0. The van der Waals surface area contributed by atoms with Crippen LogP contribution in [-0.4, -0.2) is 6.61 Å². The molecule has 90 valence electrons. The van der Waals surface area contributed by atoms with Gasteiger partial charge in [-0.05, 0) is 36.8 Å². The maximum Gasteiger partial charge on any atom is 0.126 e. The molecule has 1 atom stereocenters. The molecule has 2 aromatic rings. The Hall–Kier alpha value is -1.78. The Morgan fingerprint density at radius 1 is 1.29 bits per heavy atom. The molecule has 0 aliphatic rings. The fourth-order valence-electron chi connectivity index (χ4n) is 1.72. The first-order valence-corrected chi connectivity index (χ1v) is 5.57. The highest BCUT2D eigenvalue weighted by Crippen LogP contribution is 2.23. The van der Waals surface area contributed by atoms with Crippen LogP contribution < -0.4 is 16.0 Å². The number of furan rings is 1. The van der Waals surface area contributed by atoms with E-state index in [4.69, 9.17) is 15.0 Å².